The third-order valence-electron chi connectivity index (χ3n) is 4.69. The monoisotopic (exact) mass is 284 g/mol. The first-order valence-electron chi connectivity index (χ1n) is 7.12. The zero-order valence-corrected chi connectivity index (χ0v) is 13.0. The van der Waals surface area contributed by atoms with Crippen molar-refractivity contribution in [3.8, 4) is 0 Å². The highest BCUT2D eigenvalue weighted by Crippen LogP contribution is 2.36. The highest BCUT2D eigenvalue weighted by Gasteiger charge is 2.49. The van der Waals surface area contributed by atoms with Gasteiger partial charge in [0.25, 0.3) is 0 Å². The van der Waals surface area contributed by atoms with Crippen LogP contribution in [0.25, 0.3) is 0 Å². The van der Waals surface area contributed by atoms with Gasteiger partial charge in [0.05, 0.1) is 0 Å². The van der Waals surface area contributed by atoms with Crippen molar-refractivity contribution in [2.45, 2.75) is 69.3 Å². The van der Waals surface area contributed by atoms with E-state index in [9.17, 15) is 9.59 Å². The van der Waals surface area contributed by atoms with Crippen molar-refractivity contribution in [2.75, 3.05) is 6.26 Å². The molecule has 0 aromatic carbocycles. The van der Waals surface area contributed by atoms with Crippen LogP contribution in [-0.4, -0.2) is 45.8 Å². The highest BCUT2D eigenvalue weighted by atomic mass is 32.2. The molecule has 1 N–H and O–H groups in total. The molecule has 2 fully saturated rings. The van der Waals surface area contributed by atoms with E-state index in [-0.39, 0.29) is 23.9 Å². The molecular formula is C14H24N2O2S. The molecule has 1 aliphatic carbocycles. The molecule has 0 aromatic heterocycles. The summed E-state index contributed by atoms with van der Waals surface area (Å²) < 4.78 is 0. The minimum atomic E-state index is -0.727. The van der Waals surface area contributed by atoms with Crippen LogP contribution in [0, 0.1) is 0 Å². The highest BCUT2D eigenvalue weighted by molar-refractivity contribution is 7.99. The molecule has 2 rings (SSSR count). The summed E-state index contributed by atoms with van der Waals surface area (Å²) in [5.41, 5.74) is -0.727. The van der Waals surface area contributed by atoms with Crippen molar-refractivity contribution < 1.29 is 9.59 Å². The van der Waals surface area contributed by atoms with E-state index in [2.05, 4.69) is 11.6 Å². The van der Waals surface area contributed by atoms with E-state index in [1.54, 1.807) is 0 Å². The molecule has 19 heavy (non-hydrogen) atoms. The van der Waals surface area contributed by atoms with Gasteiger partial charge in [-0.05, 0) is 39.4 Å². The molecule has 1 saturated carbocycles. The maximum absolute atomic E-state index is 12.8. The number of nitrogens with zero attached hydrogens (tertiary/aromatic N) is 1. The molecule has 5 heteroatoms. The zero-order chi connectivity index (χ0) is 14.2. The fourth-order valence-corrected chi connectivity index (χ4v) is 4.18. The smallest absolute Gasteiger partial charge is 0.248 e. The quantitative estimate of drug-likeness (QED) is 0.859. The van der Waals surface area contributed by atoms with Crippen LogP contribution in [0.5, 0.6) is 0 Å². The minimum absolute atomic E-state index is 0.0179. The summed E-state index contributed by atoms with van der Waals surface area (Å²) in [6.07, 6.45) is 6.05. The molecule has 0 bridgehead atoms. The number of rotatable bonds is 3. The largest absolute Gasteiger partial charge is 0.340 e. The number of amides is 2. The van der Waals surface area contributed by atoms with Crippen molar-refractivity contribution in [3.63, 3.8) is 0 Å². The molecule has 4 nitrogen and oxygen atoms in total. The summed E-state index contributed by atoms with van der Waals surface area (Å²) in [6, 6.07) is -0.126. The topological polar surface area (TPSA) is 49.4 Å². The van der Waals surface area contributed by atoms with Crippen LogP contribution in [0.3, 0.4) is 0 Å². The summed E-state index contributed by atoms with van der Waals surface area (Å²) in [6.45, 7) is 5.64. The van der Waals surface area contributed by atoms with Gasteiger partial charge in [0, 0.05) is 11.3 Å². The molecule has 0 spiro atoms. The van der Waals surface area contributed by atoms with Gasteiger partial charge in [-0.25, -0.2) is 0 Å². The second kappa shape index (κ2) is 5.35. The average Bonchev–Trinajstić information content (AvgIpc) is 2.85. The van der Waals surface area contributed by atoms with Crippen molar-refractivity contribution in [1.29, 1.82) is 0 Å². The van der Waals surface area contributed by atoms with Crippen molar-refractivity contribution in [3.05, 3.63) is 0 Å². The average molecular weight is 284 g/mol. The Hall–Kier alpha value is -0.710. The van der Waals surface area contributed by atoms with Crippen LogP contribution in [0.15, 0.2) is 0 Å². The summed E-state index contributed by atoms with van der Waals surface area (Å²) in [5, 5.41) is 3.36. The second-order valence-corrected chi connectivity index (χ2v) is 6.91. The minimum Gasteiger partial charge on any atom is -0.340 e. The summed E-state index contributed by atoms with van der Waals surface area (Å²) >= 11 is 1.82. The first-order chi connectivity index (χ1) is 8.94. The predicted molar refractivity (Wildman–Crippen MR) is 78.1 cm³/mol. The van der Waals surface area contributed by atoms with E-state index in [1.165, 1.54) is 0 Å². The van der Waals surface area contributed by atoms with Crippen LogP contribution in [0.1, 0.15) is 46.5 Å². The van der Waals surface area contributed by atoms with Gasteiger partial charge >= 0.3 is 0 Å². The molecule has 4 atom stereocenters. The van der Waals surface area contributed by atoms with Gasteiger partial charge in [0.2, 0.25) is 11.8 Å². The Bertz CT molecular complexity index is 388. The first-order valence-corrected chi connectivity index (χ1v) is 8.41. The summed E-state index contributed by atoms with van der Waals surface area (Å²) in [5.74, 6) is 0.0729. The third-order valence-corrected chi connectivity index (χ3v) is 5.84. The summed E-state index contributed by atoms with van der Waals surface area (Å²) in [4.78, 5) is 26.8. The molecule has 0 radical (unpaired) electrons. The van der Waals surface area contributed by atoms with Gasteiger partial charge in [-0.2, -0.15) is 11.8 Å². The molecule has 1 saturated heterocycles. The Morgan fingerprint density at radius 2 is 2.11 bits per heavy atom. The number of piperazine rings is 1. The van der Waals surface area contributed by atoms with Gasteiger partial charge in [0.15, 0.2) is 0 Å². The van der Waals surface area contributed by atoms with E-state index in [4.69, 9.17) is 0 Å². The van der Waals surface area contributed by atoms with Crippen LogP contribution < -0.4 is 5.32 Å². The second-order valence-electron chi connectivity index (χ2n) is 5.84. The molecular weight excluding hydrogens is 260 g/mol. The molecule has 4 unspecified atom stereocenters. The van der Waals surface area contributed by atoms with Crippen LogP contribution >= 0.6 is 11.8 Å². The van der Waals surface area contributed by atoms with E-state index in [0.29, 0.717) is 11.7 Å². The van der Waals surface area contributed by atoms with Crippen molar-refractivity contribution >= 4 is 23.6 Å². The van der Waals surface area contributed by atoms with E-state index in [0.717, 1.165) is 19.3 Å². The van der Waals surface area contributed by atoms with Crippen molar-refractivity contribution in [2.24, 2.45) is 0 Å². The van der Waals surface area contributed by atoms with Gasteiger partial charge < -0.3 is 10.2 Å². The lowest BCUT2D eigenvalue weighted by Gasteiger charge is -2.46. The van der Waals surface area contributed by atoms with Crippen molar-refractivity contribution in [1.82, 2.24) is 10.2 Å². The van der Waals surface area contributed by atoms with E-state index in [1.807, 2.05) is 37.4 Å². The molecule has 2 amide bonds. The predicted octanol–water partition coefficient (Wildman–Crippen LogP) is 1.79. The molecule has 1 heterocycles. The number of hydrogen-bond acceptors (Lipinski definition) is 3. The lowest BCUT2D eigenvalue weighted by Crippen LogP contribution is -2.70. The van der Waals surface area contributed by atoms with Gasteiger partial charge in [-0.3, -0.25) is 9.59 Å². The summed E-state index contributed by atoms with van der Waals surface area (Å²) in [7, 11) is 0. The fraction of sp³-hybridized carbons (Fsp3) is 0.857. The Morgan fingerprint density at radius 1 is 1.42 bits per heavy atom. The first kappa shape index (κ1) is 14.7. The normalized spacial score (nSPS) is 39.6. The van der Waals surface area contributed by atoms with E-state index >= 15 is 0 Å². The van der Waals surface area contributed by atoms with Gasteiger partial charge in [-0.15, -0.1) is 0 Å². The van der Waals surface area contributed by atoms with Gasteiger partial charge in [-0.1, -0.05) is 13.3 Å². The number of hydrogen-bond donors (Lipinski definition) is 1. The Labute approximate surface area is 119 Å². The van der Waals surface area contributed by atoms with Gasteiger partial charge in [0.1, 0.15) is 11.6 Å². The molecule has 0 aromatic rings. The van der Waals surface area contributed by atoms with Crippen LogP contribution in [0.4, 0.5) is 0 Å². The van der Waals surface area contributed by atoms with Crippen LogP contribution in [0.2, 0.25) is 0 Å². The standard InChI is InChI=1S/C14H24N2O2S/c1-5-14(3)13(18)16(9(2)12(17)15-14)10-7-6-8-11(10)19-4/h9-11H,5-8H2,1-4H3,(H,15,17). The number of carbonyl (C=O) groups excluding carboxylic acids is 2. The SMILES string of the molecule is CCC1(C)NC(=O)C(C)N(C2CCCC2SC)C1=O. The fourth-order valence-electron chi connectivity index (χ4n) is 3.19. The molecule has 2 aliphatic rings. The maximum atomic E-state index is 12.8. The number of thioether (sulfide) groups is 1. The lowest BCUT2D eigenvalue weighted by molar-refractivity contribution is -0.156. The Balaban J connectivity index is 2.30. The third kappa shape index (κ3) is 2.37. The van der Waals surface area contributed by atoms with E-state index < -0.39 is 5.54 Å². The zero-order valence-electron chi connectivity index (χ0n) is 12.2. The lowest BCUT2D eigenvalue weighted by atomic mass is 9.90. The number of carbonyl (C=O) groups is 2. The Morgan fingerprint density at radius 3 is 2.68 bits per heavy atom. The molecule has 108 valence electrons. The number of nitrogens with one attached hydrogen (secondary N) is 1. The maximum Gasteiger partial charge on any atom is 0.248 e. The molecule has 1 aliphatic heterocycles. The Kier molecular flexibility index (Phi) is 4.14. The van der Waals surface area contributed by atoms with Crippen LogP contribution in [-0.2, 0) is 9.59 Å².